The van der Waals surface area contributed by atoms with Crippen molar-refractivity contribution >= 4 is 17.8 Å². The van der Waals surface area contributed by atoms with E-state index < -0.39 is 49.0 Å². The summed E-state index contributed by atoms with van der Waals surface area (Å²) in [6.07, 6.45) is -0.697. The number of hydrogen-bond acceptors (Lipinski definition) is 11. The van der Waals surface area contributed by atoms with Crippen molar-refractivity contribution < 1.29 is 47.5 Å². The van der Waals surface area contributed by atoms with Gasteiger partial charge in [0.2, 0.25) is 6.79 Å². The Morgan fingerprint density at radius 3 is 2.25 bits per heavy atom. The Morgan fingerprint density at radius 2 is 1.61 bits per heavy atom. The van der Waals surface area contributed by atoms with Crippen molar-refractivity contribution in [1.29, 1.82) is 0 Å². The molecule has 1 aromatic heterocycles. The van der Waals surface area contributed by atoms with E-state index in [9.17, 15) is 14.4 Å². The topological polar surface area (TPSA) is 141 Å². The molecule has 12 heteroatoms. The number of ether oxygens (including phenoxy) is 7. The molecule has 1 amide bonds. The van der Waals surface area contributed by atoms with Gasteiger partial charge in [-0.1, -0.05) is 60.7 Å². The van der Waals surface area contributed by atoms with Crippen molar-refractivity contribution in [3.8, 4) is 11.5 Å². The number of methoxy groups -OCH3 is 1. The second-order valence-corrected chi connectivity index (χ2v) is 9.89. The molecule has 44 heavy (non-hydrogen) atoms. The molecule has 1 saturated heterocycles. The van der Waals surface area contributed by atoms with Gasteiger partial charge in [-0.05, 0) is 18.1 Å². The van der Waals surface area contributed by atoms with Gasteiger partial charge in [-0.25, -0.2) is 9.78 Å². The van der Waals surface area contributed by atoms with Crippen LogP contribution >= 0.6 is 0 Å². The van der Waals surface area contributed by atoms with Crippen LogP contribution in [0, 0.1) is 0 Å². The number of hydrogen-bond donors (Lipinski definition) is 1. The Hall–Kier alpha value is -4.52. The van der Waals surface area contributed by atoms with Gasteiger partial charge in [-0.3, -0.25) is 9.59 Å². The minimum Gasteiger partial charge on any atom is -0.493 e. The summed E-state index contributed by atoms with van der Waals surface area (Å²) in [5, 5.41) is 2.61. The molecule has 0 aliphatic carbocycles. The Bertz CT molecular complexity index is 1370. The average Bonchev–Trinajstić information content (AvgIpc) is 3.08. The number of esters is 2. The molecule has 1 aliphatic rings. The van der Waals surface area contributed by atoms with Crippen LogP contribution in [0.25, 0.3) is 0 Å². The lowest BCUT2D eigenvalue weighted by Gasteiger charge is -2.30. The molecular weight excluding hydrogens is 572 g/mol. The van der Waals surface area contributed by atoms with E-state index in [4.69, 9.17) is 33.2 Å². The first-order chi connectivity index (χ1) is 21.4. The zero-order valence-electron chi connectivity index (χ0n) is 24.8. The van der Waals surface area contributed by atoms with Gasteiger partial charge >= 0.3 is 11.9 Å². The molecular formula is C32H36N2O10. The van der Waals surface area contributed by atoms with Gasteiger partial charge < -0.3 is 38.5 Å². The van der Waals surface area contributed by atoms with E-state index in [1.807, 2.05) is 60.7 Å². The molecule has 0 spiro atoms. The molecule has 2 aromatic carbocycles. The molecule has 2 heterocycles. The van der Waals surface area contributed by atoms with E-state index >= 15 is 0 Å². The molecule has 1 unspecified atom stereocenters. The first kappa shape index (κ1) is 32.4. The number of rotatable bonds is 12. The first-order valence-electron chi connectivity index (χ1n) is 14.0. The monoisotopic (exact) mass is 608 g/mol. The van der Waals surface area contributed by atoms with Crippen molar-refractivity contribution in [2.75, 3.05) is 27.1 Å². The molecule has 1 aliphatic heterocycles. The summed E-state index contributed by atoms with van der Waals surface area (Å²) in [4.78, 5) is 41.9. The van der Waals surface area contributed by atoms with Crippen molar-refractivity contribution in [2.45, 2.75) is 51.4 Å². The molecule has 1 fully saturated rings. The fourth-order valence-electron chi connectivity index (χ4n) is 4.42. The summed E-state index contributed by atoms with van der Waals surface area (Å²) in [6.45, 7) is 2.86. The number of carbonyl (C=O) groups is 3. The molecule has 0 radical (unpaired) electrons. The van der Waals surface area contributed by atoms with Gasteiger partial charge in [-0.2, -0.15) is 0 Å². The van der Waals surface area contributed by atoms with E-state index in [0.717, 1.165) is 11.1 Å². The number of nitrogens with one attached hydrogen (secondary N) is 1. The van der Waals surface area contributed by atoms with Crippen molar-refractivity contribution in [1.82, 2.24) is 10.3 Å². The largest absolute Gasteiger partial charge is 0.493 e. The molecule has 0 bridgehead atoms. The van der Waals surface area contributed by atoms with Crippen molar-refractivity contribution in [3.05, 3.63) is 89.7 Å². The van der Waals surface area contributed by atoms with Gasteiger partial charge in [0.1, 0.15) is 18.3 Å². The fourth-order valence-corrected chi connectivity index (χ4v) is 4.42. The van der Waals surface area contributed by atoms with E-state index in [1.165, 1.54) is 26.3 Å². The van der Waals surface area contributed by atoms with Crippen LogP contribution in [0.2, 0.25) is 0 Å². The highest BCUT2D eigenvalue weighted by molar-refractivity contribution is 5.98. The van der Waals surface area contributed by atoms with Gasteiger partial charge in [0, 0.05) is 19.2 Å². The van der Waals surface area contributed by atoms with Crippen LogP contribution in [0.5, 0.6) is 11.5 Å². The number of aromatic nitrogens is 1. The van der Waals surface area contributed by atoms with Crippen LogP contribution in [-0.2, 0) is 46.5 Å². The van der Waals surface area contributed by atoms with E-state index in [2.05, 4.69) is 10.3 Å². The second-order valence-electron chi connectivity index (χ2n) is 9.89. The lowest BCUT2D eigenvalue weighted by molar-refractivity contribution is -0.170. The van der Waals surface area contributed by atoms with Gasteiger partial charge in [0.15, 0.2) is 23.2 Å². The van der Waals surface area contributed by atoms with Crippen molar-refractivity contribution in [2.24, 2.45) is 0 Å². The quantitative estimate of drug-likeness (QED) is 0.239. The summed E-state index contributed by atoms with van der Waals surface area (Å²) in [5.41, 5.74) is 1.71. The number of nitrogens with zero attached hydrogens (tertiary/aromatic N) is 1. The normalized spacial score (nSPS) is 20.3. The third-order valence-corrected chi connectivity index (χ3v) is 6.65. The second kappa shape index (κ2) is 16.4. The maximum absolute atomic E-state index is 13.3. The summed E-state index contributed by atoms with van der Waals surface area (Å²) in [5.74, 6) is -1.95. The molecule has 4 rings (SSSR count). The number of pyridine rings is 1. The zero-order valence-corrected chi connectivity index (χ0v) is 24.8. The summed E-state index contributed by atoms with van der Waals surface area (Å²) < 4.78 is 39.8. The lowest BCUT2D eigenvalue weighted by Crippen LogP contribution is -2.47. The molecule has 0 saturated carbocycles. The fraction of sp³-hybridized carbons (Fsp3) is 0.375. The average molecular weight is 609 g/mol. The highest BCUT2D eigenvalue weighted by Crippen LogP contribution is 2.30. The Labute approximate surface area is 255 Å². The predicted octanol–water partition coefficient (Wildman–Crippen LogP) is 3.22. The van der Waals surface area contributed by atoms with Crippen LogP contribution in [0.15, 0.2) is 72.9 Å². The van der Waals surface area contributed by atoms with Gasteiger partial charge in [0.05, 0.1) is 33.5 Å². The number of amides is 1. The third kappa shape index (κ3) is 9.24. The summed E-state index contributed by atoms with van der Waals surface area (Å²) >= 11 is 0. The Morgan fingerprint density at radius 1 is 0.955 bits per heavy atom. The number of cyclic esters (lactones) is 1. The smallest absolute Gasteiger partial charge is 0.331 e. The Balaban J connectivity index is 1.50. The minimum absolute atomic E-state index is 0.0633. The third-order valence-electron chi connectivity index (χ3n) is 6.65. The van der Waals surface area contributed by atoms with Gasteiger partial charge in [0.25, 0.3) is 5.91 Å². The SMILES string of the molecule is COc1ccnc(C(=O)NC2COC[C@H](OCc3ccccc3)[C@@H](OCc3ccccc3)[C@H](C)OC2=O)c1OCOC(C)=O. The van der Waals surface area contributed by atoms with E-state index in [1.54, 1.807) is 6.92 Å². The highest BCUT2D eigenvalue weighted by atomic mass is 16.7. The number of carbonyl (C=O) groups excluding carboxylic acids is 3. The summed E-state index contributed by atoms with van der Waals surface area (Å²) in [7, 11) is 1.38. The van der Waals surface area contributed by atoms with Crippen LogP contribution in [0.1, 0.15) is 35.5 Å². The van der Waals surface area contributed by atoms with Crippen LogP contribution in [-0.4, -0.2) is 74.3 Å². The standard InChI is InChI=1S/C32H36N2O10/c1-21-29(41-17-24-12-8-5-9-13-24)27(40-16-23-10-6-4-7-11-23)19-39-18-25(32(37)44-21)34-31(36)28-30(43-20-42-22(2)35)26(38-3)14-15-33-28/h4-15,21,25,27,29H,16-20H2,1-3H3,(H,34,36)/t21-,25?,27-,29-/m0/s1. The van der Waals surface area contributed by atoms with E-state index in [0.29, 0.717) is 6.61 Å². The maximum atomic E-state index is 13.3. The number of benzene rings is 2. The molecule has 1 N–H and O–H groups in total. The predicted molar refractivity (Wildman–Crippen MR) is 156 cm³/mol. The zero-order chi connectivity index (χ0) is 31.3. The van der Waals surface area contributed by atoms with Crippen LogP contribution in [0.4, 0.5) is 0 Å². The minimum atomic E-state index is -1.19. The highest BCUT2D eigenvalue weighted by Gasteiger charge is 2.37. The van der Waals surface area contributed by atoms with E-state index in [-0.39, 0.29) is 37.0 Å². The molecule has 3 aromatic rings. The summed E-state index contributed by atoms with van der Waals surface area (Å²) in [6, 6.07) is 19.5. The molecule has 234 valence electrons. The molecule has 4 atom stereocenters. The maximum Gasteiger partial charge on any atom is 0.331 e. The lowest BCUT2D eigenvalue weighted by atomic mass is 10.1. The first-order valence-corrected chi connectivity index (χ1v) is 14.0. The van der Waals surface area contributed by atoms with Gasteiger partial charge in [-0.15, -0.1) is 0 Å². The molecule has 12 nitrogen and oxygen atoms in total. The van der Waals surface area contributed by atoms with Crippen molar-refractivity contribution in [3.63, 3.8) is 0 Å². The Kier molecular flexibility index (Phi) is 12.0. The van der Waals surface area contributed by atoms with Crippen LogP contribution < -0.4 is 14.8 Å². The van der Waals surface area contributed by atoms with Crippen LogP contribution in [0.3, 0.4) is 0 Å².